The number of hydrogen-bond donors (Lipinski definition) is 3. The molecule has 0 aliphatic rings. The Labute approximate surface area is 248 Å². The van der Waals surface area contributed by atoms with Crippen molar-refractivity contribution in [3.8, 4) is 0 Å². The second-order valence-corrected chi connectivity index (χ2v) is 15.2. The van der Waals surface area contributed by atoms with Gasteiger partial charge in [-0.3, -0.25) is 4.79 Å². The number of benzene rings is 2. The SMILES string of the molecule is CC(C)CN([C@H](C)CCCCNC(=O)C(Cc1ccccc1)NS(=O)(=O)c1cccs1)S(=O)(=O)c1ccc(N)cc1. The molecule has 1 aromatic heterocycles. The van der Waals surface area contributed by atoms with E-state index in [-0.39, 0.29) is 27.5 Å². The Morgan fingerprint density at radius 3 is 2.22 bits per heavy atom. The predicted molar refractivity (Wildman–Crippen MR) is 164 cm³/mol. The van der Waals surface area contributed by atoms with Crippen LogP contribution >= 0.6 is 11.3 Å². The minimum Gasteiger partial charge on any atom is -0.399 e. The molecule has 0 bridgehead atoms. The lowest BCUT2D eigenvalue weighted by Crippen LogP contribution is -2.48. The smallest absolute Gasteiger partial charge is 0.250 e. The first kappa shape index (κ1) is 32.7. The van der Waals surface area contributed by atoms with Gasteiger partial charge < -0.3 is 11.1 Å². The molecule has 9 nitrogen and oxygen atoms in total. The number of amides is 1. The third kappa shape index (κ3) is 9.64. The number of hydrogen-bond acceptors (Lipinski definition) is 7. The summed E-state index contributed by atoms with van der Waals surface area (Å²) in [7, 11) is -7.55. The molecule has 1 heterocycles. The summed E-state index contributed by atoms with van der Waals surface area (Å²) in [5, 5.41) is 4.53. The van der Waals surface area contributed by atoms with E-state index in [1.807, 2.05) is 51.1 Å². The van der Waals surface area contributed by atoms with Gasteiger partial charge in [0.2, 0.25) is 15.9 Å². The second kappa shape index (κ2) is 14.9. The average Bonchev–Trinajstić information content (AvgIpc) is 3.48. The minimum atomic E-state index is -3.85. The van der Waals surface area contributed by atoms with Crippen LogP contribution in [0.25, 0.3) is 0 Å². The fourth-order valence-electron chi connectivity index (χ4n) is 4.39. The summed E-state index contributed by atoms with van der Waals surface area (Å²) in [6.45, 7) is 6.58. The van der Waals surface area contributed by atoms with E-state index in [2.05, 4.69) is 10.0 Å². The maximum atomic E-state index is 13.4. The second-order valence-electron chi connectivity index (χ2n) is 10.5. The van der Waals surface area contributed by atoms with Crippen molar-refractivity contribution in [1.82, 2.24) is 14.3 Å². The molecule has 3 rings (SSSR count). The molecule has 41 heavy (non-hydrogen) atoms. The average molecular weight is 621 g/mol. The van der Waals surface area contributed by atoms with Gasteiger partial charge in [-0.1, -0.05) is 56.7 Å². The molecule has 0 fully saturated rings. The maximum absolute atomic E-state index is 13.4. The van der Waals surface area contributed by atoms with E-state index in [0.717, 1.165) is 16.9 Å². The first-order valence-corrected chi connectivity index (χ1v) is 17.5. The Hall–Kier alpha value is -2.77. The Morgan fingerprint density at radius 1 is 0.927 bits per heavy atom. The number of nitrogens with zero attached hydrogens (tertiary/aromatic N) is 1. The third-order valence-corrected chi connectivity index (χ3v) is 11.4. The number of nitrogen functional groups attached to an aromatic ring is 1. The number of carbonyl (C=O) groups is 1. The summed E-state index contributed by atoms with van der Waals surface area (Å²) in [6, 6.07) is 17.4. The summed E-state index contributed by atoms with van der Waals surface area (Å²) in [4.78, 5) is 13.3. The van der Waals surface area contributed by atoms with Crippen LogP contribution < -0.4 is 15.8 Å². The van der Waals surface area contributed by atoms with Crippen molar-refractivity contribution >= 4 is 43.0 Å². The Kier molecular flexibility index (Phi) is 11.9. The van der Waals surface area contributed by atoms with E-state index in [9.17, 15) is 21.6 Å². The standard InChI is InChI=1S/C29H40N4O5S3/c1-22(2)21-33(41(37,38)26-16-14-25(30)15-17-26)23(3)10-7-8-18-31-29(34)27(20-24-11-5-4-6-12-24)32-40(35,36)28-13-9-19-39-28/h4-6,9,11-17,19,22-23,27,32H,7-8,10,18,20-21,30H2,1-3H3,(H,31,34)/t23-,27?/m1/s1. The predicted octanol–water partition coefficient (Wildman–Crippen LogP) is 4.24. The van der Waals surface area contributed by atoms with Gasteiger partial charge in [0.1, 0.15) is 10.3 Å². The molecule has 0 aliphatic carbocycles. The summed E-state index contributed by atoms with van der Waals surface area (Å²) in [6.07, 6.45) is 2.11. The molecule has 0 radical (unpaired) electrons. The molecular weight excluding hydrogens is 581 g/mol. The largest absolute Gasteiger partial charge is 0.399 e. The van der Waals surface area contributed by atoms with Crippen LogP contribution in [-0.4, -0.2) is 52.2 Å². The molecule has 1 unspecified atom stereocenters. The van der Waals surface area contributed by atoms with Gasteiger partial charge >= 0.3 is 0 Å². The van der Waals surface area contributed by atoms with Crippen LogP contribution in [0.1, 0.15) is 45.6 Å². The van der Waals surface area contributed by atoms with E-state index >= 15 is 0 Å². The lowest BCUT2D eigenvalue weighted by atomic mass is 10.1. The van der Waals surface area contributed by atoms with Gasteiger partial charge in [0.05, 0.1) is 4.90 Å². The van der Waals surface area contributed by atoms with E-state index in [1.165, 1.54) is 22.5 Å². The van der Waals surface area contributed by atoms with Crippen molar-refractivity contribution < 1.29 is 21.6 Å². The summed E-state index contributed by atoms with van der Waals surface area (Å²) < 4.78 is 56.7. The van der Waals surface area contributed by atoms with Crippen LogP contribution in [-0.2, 0) is 31.3 Å². The zero-order valence-electron chi connectivity index (χ0n) is 23.7. The first-order valence-electron chi connectivity index (χ1n) is 13.6. The topological polar surface area (TPSA) is 139 Å². The summed E-state index contributed by atoms with van der Waals surface area (Å²) >= 11 is 1.09. The normalized spacial score (nSPS) is 13.8. The van der Waals surface area contributed by atoms with Crippen molar-refractivity contribution in [3.05, 3.63) is 77.7 Å². The quantitative estimate of drug-likeness (QED) is 0.162. The molecule has 224 valence electrons. The zero-order valence-corrected chi connectivity index (χ0v) is 26.1. The monoisotopic (exact) mass is 620 g/mol. The highest BCUT2D eigenvalue weighted by Crippen LogP contribution is 2.23. The van der Waals surface area contributed by atoms with Crippen LogP contribution in [0.15, 0.2) is 81.2 Å². The fraction of sp³-hybridized carbons (Fsp3) is 0.414. The molecular formula is C29H40N4O5S3. The van der Waals surface area contributed by atoms with E-state index in [0.29, 0.717) is 38.0 Å². The molecule has 2 aromatic carbocycles. The van der Waals surface area contributed by atoms with Gasteiger partial charge in [-0.05, 0) is 73.4 Å². The van der Waals surface area contributed by atoms with Crippen LogP contribution in [0, 0.1) is 5.92 Å². The number of carbonyl (C=O) groups excluding carboxylic acids is 1. The molecule has 2 atom stereocenters. The molecule has 0 saturated carbocycles. The van der Waals surface area contributed by atoms with Crippen molar-refractivity contribution in [1.29, 1.82) is 0 Å². The number of anilines is 1. The highest BCUT2D eigenvalue weighted by atomic mass is 32.2. The zero-order chi connectivity index (χ0) is 30.0. The van der Waals surface area contributed by atoms with Gasteiger partial charge in [-0.25, -0.2) is 16.8 Å². The molecule has 0 saturated heterocycles. The minimum absolute atomic E-state index is 0.139. The number of unbranched alkanes of at least 4 members (excludes halogenated alkanes) is 1. The molecule has 4 N–H and O–H groups in total. The Balaban J connectivity index is 1.58. The van der Waals surface area contributed by atoms with Crippen molar-refractivity contribution in [2.45, 2.75) is 67.6 Å². The highest BCUT2D eigenvalue weighted by Gasteiger charge is 2.30. The number of thiophene rings is 1. The maximum Gasteiger partial charge on any atom is 0.250 e. The van der Waals surface area contributed by atoms with Gasteiger partial charge in [0.25, 0.3) is 10.0 Å². The molecule has 12 heteroatoms. The van der Waals surface area contributed by atoms with Gasteiger partial charge in [-0.2, -0.15) is 9.03 Å². The van der Waals surface area contributed by atoms with Gasteiger partial charge in [0.15, 0.2) is 0 Å². The van der Waals surface area contributed by atoms with E-state index in [4.69, 9.17) is 5.73 Å². The molecule has 1 amide bonds. The van der Waals surface area contributed by atoms with Crippen LogP contribution in [0.3, 0.4) is 0 Å². The Morgan fingerprint density at radius 2 is 1.61 bits per heavy atom. The highest BCUT2D eigenvalue weighted by molar-refractivity contribution is 7.91. The van der Waals surface area contributed by atoms with Crippen molar-refractivity contribution in [2.75, 3.05) is 18.8 Å². The number of sulfonamides is 2. The van der Waals surface area contributed by atoms with Crippen molar-refractivity contribution in [2.24, 2.45) is 5.92 Å². The van der Waals surface area contributed by atoms with Crippen molar-refractivity contribution in [3.63, 3.8) is 0 Å². The van der Waals surface area contributed by atoms with Gasteiger partial charge in [-0.15, -0.1) is 11.3 Å². The summed E-state index contributed by atoms with van der Waals surface area (Å²) in [5.74, 6) is -0.269. The lowest BCUT2D eigenvalue weighted by Gasteiger charge is -2.30. The van der Waals surface area contributed by atoms with Crippen LogP contribution in [0.4, 0.5) is 5.69 Å². The number of nitrogens with one attached hydrogen (secondary N) is 2. The van der Waals surface area contributed by atoms with Crippen LogP contribution in [0.2, 0.25) is 0 Å². The lowest BCUT2D eigenvalue weighted by molar-refractivity contribution is -0.122. The number of nitrogens with two attached hydrogens (primary N) is 1. The fourth-order valence-corrected chi connectivity index (χ4v) is 8.42. The molecule has 3 aromatic rings. The molecule has 0 spiro atoms. The van der Waals surface area contributed by atoms with E-state index < -0.39 is 32.0 Å². The van der Waals surface area contributed by atoms with E-state index in [1.54, 1.807) is 23.6 Å². The summed E-state index contributed by atoms with van der Waals surface area (Å²) in [5.41, 5.74) is 7.08. The third-order valence-electron chi connectivity index (χ3n) is 6.53. The van der Waals surface area contributed by atoms with Crippen LogP contribution in [0.5, 0.6) is 0 Å². The first-order chi connectivity index (χ1) is 19.4. The number of rotatable bonds is 16. The van der Waals surface area contributed by atoms with Gasteiger partial charge in [0, 0.05) is 24.8 Å². The molecule has 0 aliphatic heterocycles. The Bertz CT molecular complexity index is 1440.